The Labute approximate surface area is 105 Å². The number of ether oxygens (including phenoxy) is 1. The van der Waals surface area contributed by atoms with Crippen molar-refractivity contribution in [2.24, 2.45) is 4.99 Å². The Morgan fingerprint density at radius 3 is 2.71 bits per heavy atom. The van der Waals surface area contributed by atoms with E-state index in [0.717, 1.165) is 10.2 Å². The molecule has 1 amide bonds. The molecule has 86 valence electrons. The summed E-state index contributed by atoms with van der Waals surface area (Å²) < 4.78 is 5.67. The second-order valence-electron chi connectivity index (χ2n) is 3.22. The Hall–Kier alpha value is -1.71. The third kappa shape index (κ3) is 2.70. The number of hydrogen-bond acceptors (Lipinski definition) is 3. The molecule has 1 aromatic rings. The van der Waals surface area contributed by atoms with E-state index in [1.54, 1.807) is 0 Å². The first kappa shape index (κ1) is 11.8. The molecule has 1 aliphatic heterocycles. The fourth-order valence-electron chi connectivity index (χ4n) is 1.28. The van der Waals surface area contributed by atoms with E-state index in [9.17, 15) is 9.59 Å². The number of aliphatic imine (C=N–C) groups is 1. The Morgan fingerprint density at radius 2 is 2.06 bits per heavy atom. The molecule has 0 spiro atoms. The number of amides is 1. The van der Waals surface area contributed by atoms with E-state index in [1.165, 1.54) is 13.2 Å². The molecule has 0 unspecified atom stereocenters. The molecule has 0 bridgehead atoms. The summed E-state index contributed by atoms with van der Waals surface area (Å²) in [5.74, 6) is -0.853. The molecule has 0 radical (unpaired) electrons. The molecule has 4 nitrogen and oxygen atoms in total. The van der Waals surface area contributed by atoms with E-state index in [0.29, 0.717) is 4.47 Å². The molecule has 0 saturated carbocycles. The van der Waals surface area contributed by atoms with Crippen molar-refractivity contribution in [3.05, 3.63) is 46.4 Å². The summed E-state index contributed by atoms with van der Waals surface area (Å²) >= 11 is -0.230. The van der Waals surface area contributed by atoms with Crippen LogP contribution in [0.2, 0.25) is 0 Å². The average molecular weight is 294 g/mol. The molecule has 0 aromatic heterocycles. The van der Waals surface area contributed by atoms with Crippen LogP contribution in [0.5, 0.6) is 0 Å². The normalized spacial score (nSPS) is 17.1. The summed E-state index contributed by atoms with van der Waals surface area (Å²) in [6.45, 7) is 0. The van der Waals surface area contributed by atoms with Gasteiger partial charge >= 0.3 is 104 Å². The predicted molar refractivity (Wildman–Crippen MR) is 63.8 cm³/mol. The summed E-state index contributed by atoms with van der Waals surface area (Å²) in [6.07, 6.45) is 1.22. The molecule has 0 atom stereocenters. The van der Waals surface area contributed by atoms with Crippen LogP contribution in [0.25, 0.3) is 0 Å². The van der Waals surface area contributed by atoms with Crippen molar-refractivity contribution in [1.82, 2.24) is 0 Å². The average Bonchev–Trinajstić information content (AvgIpc) is 2.72. The van der Waals surface area contributed by atoms with Gasteiger partial charge in [0.15, 0.2) is 0 Å². The summed E-state index contributed by atoms with van der Waals surface area (Å²) in [6, 6.07) is 9.48. The van der Waals surface area contributed by atoms with Crippen molar-refractivity contribution in [1.29, 1.82) is 0 Å². The van der Waals surface area contributed by atoms with Crippen molar-refractivity contribution in [2.45, 2.75) is 0 Å². The molecular weight excluding hydrogens is 285 g/mol. The monoisotopic (exact) mass is 295 g/mol. The molecule has 0 saturated heterocycles. The van der Waals surface area contributed by atoms with Crippen LogP contribution in [0.4, 0.5) is 0 Å². The molecule has 1 aliphatic rings. The van der Waals surface area contributed by atoms with Crippen LogP contribution in [0, 0.1) is 0 Å². The van der Waals surface area contributed by atoms with Crippen LogP contribution >= 0.6 is 0 Å². The molecule has 0 aliphatic carbocycles. The van der Waals surface area contributed by atoms with Gasteiger partial charge in [-0.15, -0.1) is 0 Å². The zero-order valence-corrected chi connectivity index (χ0v) is 10.8. The van der Waals surface area contributed by atoms with Gasteiger partial charge in [0.2, 0.25) is 0 Å². The van der Waals surface area contributed by atoms with Crippen LogP contribution in [-0.4, -0.2) is 38.6 Å². The second-order valence-corrected chi connectivity index (χ2v) is 5.38. The van der Waals surface area contributed by atoms with Crippen molar-refractivity contribution in [2.75, 3.05) is 7.11 Å². The van der Waals surface area contributed by atoms with Gasteiger partial charge in [-0.25, -0.2) is 0 Å². The molecular formula is C12H9NO3Se. The summed E-state index contributed by atoms with van der Waals surface area (Å²) in [4.78, 5) is 26.6. The summed E-state index contributed by atoms with van der Waals surface area (Å²) in [7, 11) is 1.28. The van der Waals surface area contributed by atoms with Gasteiger partial charge in [-0.3, -0.25) is 0 Å². The van der Waals surface area contributed by atoms with Gasteiger partial charge in [-0.2, -0.15) is 0 Å². The van der Waals surface area contributed by atoms with Crippen LogP contribution < -0.4 is 0 Å². The maximum absolute atomic E-state index is 11.6. The second kappa shape index (κ2) is 5.08. The number of benzene rings is 1. The zero-order valence-electron chi connectivity index (χ0n) is 9.04. The van der Waals surface area contributed by atoms with Gasteiger partial charge in [0.25, 0.3) is 0 Å². The number of esters is 1. The van der Waals surface area contributed by atoms with Gasteiger partial charge in [0.1, 0.15) is 0 Å². The quantitative estimate of drug-likeness (QED) is 0.459. The summed E-state index contributed by atoms with van der Waals surface area (Å²) in [5.41, 5.74) is 0.925. The predicted octanol–water partition coefficient (Wildman–Crippen LogP) is 0.734. The topological polar surface area (TPSA) is 55.7 Å². The number of nitrogens with zero attached hydrogens (tertiary/aromatic N) is 1. The van der Waals surface area contributed by atoms with Crippen molar-refractivity contribution >= 4 is 31.4 Å². The Morgan fingerprint density at radius 1 is 1.35 bits per heavy atom. The first-order chi connectivity index (χ1) is 8.20. The molecule has 17 heavy (non-hydrogen) atoms. The van der Waals surface area contributed by atoms with Crippen LogP contribution in [-0.2, 0) is 14.3 Å². The third-order valence-electron chi connectivity index (χ3n) is 2.09. The fourth-order valence-corrected chi connectivity index (χ4v) is 3.12. The molecule has 0 N–H and O–H groups in total. The van der Waals surface area contributed by atoms with Crippen molar-refractivity contribution < 1.29 is 14.3 Å². The van der Waals surface area contributed by atoms with Crippen LogP contribution in [0.1, 0.15) is 5.56 Å². The van der Waals surface area contributed by atoms with Gasteiger partial charge in [0.05, 0.1) is 0 Å². The maximum atomic E-state index is 11.6. The van der Waals surface area contributed by atoms with Gasteiger partial charge in [-0.05, 0) is 0 Å². The van der Waals surface area contributed by atoms with E-state index in [2.05, 4.69) is 9.73 Å². The van der Waals surface area contributed by atoms with E-state index < -0.39 is 5.97 Å². The zero-order chi connectivity index (χ0) is 12.3. The molecule has 1 heterocycles. The third-order valence-corrected chi connectivity index (χ3v) is 4.26. The van der Waals surface area contributed by atoms with E-state index in [1.807, 2.05) is 30.3 Å². The Bertz CT molecular complexity index is 520. The molecule has 2 rings (SSSR count). The van der Waals surface area contributed by atoms with Gasteiger partial charge in [0, 0.05) is 0 Å². The Balaban J connectivity index is 2.22. The SMILES string of the molecule is COC(=O)/C=C1/[Se]C(c2ccccc2)=NC1=O. The minimum atomic E-state index is -0.514. The van der Waals surface area contributed by atoms with Crippen LogP contribution in [0.15, 0.2) is 45.9 Å². The first-order valence-corrected chi connectivity index (χ1v) is 6.58. The van der Waals surface area contributed by atoms with Crippen LogP contribution in [0.3, 0.4) is 0 Å². The summed E-state index contributed by atoms with van der Waals surface area (Å²) in [5, 5.41) is 0. The molecule has 0 fully saturated rings. The first-order valence-electron chi connectivity index (χ1n) is 4.86. The Kier molecular flexibility index (Phi) is 3.52. The van der Waals surface area contributed by atoms with E-state index >= 15 is 0 Å². The molecule has 1 aromatic carbocycles. The van der Waals surface area contributed by atoms with E-state index in [-0.39, 0.29) is 20.9 Å². The number of hydrogen-bond donors (Lipinski definition) is 0. The standard InChI is InChI=1S/C12H9NO3Se/c1-16-10(14)7-9-11(15)13-12(17-9)8-5-3-2-4-6-8/h2-7H,1H3/b9-7+. The number of methoxy groups -OCH3 is 1. The van der Waals surface area contributed by atoms with Crippen molar-refractivity contribution in [3.63, 3.8) is 0 Å². The van der Waals surface area contributed by atoms with Gasteiger partial charge < -0.3 is 0 Å². The fraction of sp³-hybridized carbons (Fsp3) is 0.0833. The number of carbonyl (C=O) groups excluding carboxylic acids is 2. The van der Waals surface area contributed by atoms with E-state index in [4.69, 9.17) is 0 Å². The van der Waals surface area contributed by atoms with Crippen molar-refractivity contribution in [3.8, 4) is 0 Å². The number of carbonyl (C=O) groups is 2. The number of rotatable bonds is 2. The van der Waals surface area contributed by atoms with Gasteiger partial charge in [-0.1, -0.05) is 0 Å². The minimum absolute atomic E-state index is 0.230. The molecule has 5 heteroatoms.